The molecule has 0 bridgehead atoms. The van der Waals surface area contributed by atoms with Crippen LogP contribution in [0.5, 0.6) is 0 Å². The second-order valence-corrected chi connectivity index (χ2v) is 5.46. The van der Waals surface area contributed by atoms with Crippen molar-refractivity contribution in [3.63, 3.8) is 0 Å². The van der Waals surface area contributed by atoms with Crippen LogP contribution in [0.25, 0.3) is 10.9 Å². The van der Waals surface area contributed by atoms with Crippen LogP contribution in [0, 0.1) is 23.2 Å². The molecule has 0 radical (unpaired) electrons. The van der Waals surface area contributed by atoms with Gasteiger partial charge in [0.2, 0.25) is 0 Å². The molecule has 1 aliphatic heterocycles. The number of carbonyl (C=O) groups is 1. The maximum atomic E-state index is 11.0. The minimum atomic E-state index is -0.772. The SMILES string of the molecule is CC(C(=O)O)C1CN(c2nc3ccccc3cc2C#N)C1. The Bertz CT molecular complexity index is 745. The van der Waals surface area contributed by atoms with Crippen LogP contribution >= 0.6 is 0 Å². The van der Waals surface area contributed by atoms with Crippen molar-refractivity contribution in [2.24, 2.45) is 11.8 Å². The Labute approximate surface area is 122 Å². The van der Waals surface area contributed by atoms with E-state index in [0.29, 0.717) is 24.5 Å². The molecule has 1 unspecified atom stereocenters. The van der Waals surface area contributed by atoms with Crippen LogP contribution in [0.4, 0.5) is 5.82 Å². The first-order valence-corrected chi connectivity index (χ1v) is 6.88. The Kier molecular flexibility index (Phi) is 3.22. The molecule has 1 saturated heterocycles. The molecule has 2 heterocycles. The number of nitrogens with zero attached hydrogens (tertiary/aromatic N) is 3. The standard InChI is InChI=1S/C16H15N3O2/c1-10(16(20)21)13-8-19(9-13)15-12(7-17)6-11-4-2-3-5-14(11)18-15/h2-6,10,13H,8-9H2,1H3,(H,20,21). The van der Waals surface area contributed by atoms with Gasteiger partial charge in [0.05, 0.1) is 17.0 Å². The van der Waals surface area contributed by atoms with Gasteiger partial charge >= 0.3 is 5.97 Å². The number of rotatable bonds is 3. The van der Waals surface area contributed by atoms with Gasteiger partial charge in [0.25, 0.3) is 0 Å². The first kappa shape index (κ1) is 13.4. The van der Waals surface area contributed by atoms with Crippen LogP contribution in [0.15, 0.2) is 30.3 Å². The third-order valence-electron chi connectivity index (χ3n) is 4.13. The van der Waals surface area contributed by atoms with E-state index in [2.05, 4.69) is 11.1 Å². The normalized spacial score (nSPS) is 16.3. The summed E-state index contributed by atoms with van der Waals surface area (Å²) in [5.41, 5.74) is 1.39. The highest BCUT2D eigenvalue weighted by Gasteiger charge is 2.36. The molecule has 1 aromatic heterocycles. The monoisotopic (exact) mass is 281 g/mol. The number of carboxylic acid groups (broad SMARTS) is 1. The van der Waals surface area contributed by atoms with E-state index in [1.807, 2.05) is 35.2 Å². The number of para-hydroxylation sites is 1. The highest BCUT2D eigenvalue weighted by Crippen LogP contribution is 2.31. The summed E-state index contributed by atoms with van der Waals surface area (Å²) in [7, 11) is 0. The zero-order valence-electron chi connectivity index (χ0n) is 11.7. The smallest absolute Gasteiger partial charge is 0.306 e. The van der Waals surface area contributed by atoms with Gasteiger partial charge in [-0.25, -0.2) is 4.98 Å². The Morgan fingerprint density at radius 3 is 2.86 bits per heavy atom. The summed E-state index contributed by atoms with van der Waals surface area (Å²) in [5, 5.41) is 19.3. The van der Waals surface area contributed by atoms with E-state index in [1.165, 1.54) is 0 Å². The number of hydrogen-bond donors (Lipinski definition) is 1. The molecule has 1 N–H and O–H groups in total. The largest absolute Gasteiger partial charge is 0.481 e. The van der Waals surface area contributed by atoms with Gasteiger partial charge in [-0.1, -0.05) is 25.1 Å². The summed E-state index contributed by atoms with van der Waals surface area (Å²) in [6, 6.07) is 11.7. The molecule has 5 heteroatoms. The van der Waals surface area contributed by atoms with Crippen LogP contribution in [-0.4, -0.2) is 29.1 Å². The number of aliphatic carboxylic acids is 1. The zero-order valence-corrected chi connectivity index (χ0v) is 11.7. The third-order valence-corrected chi connectivity index (χ3v) is 4.13. The van der Waals surface area contributed by atoms with Gasteiger partial charge in [0.15, 0.2) is 0 Å². The van der Waals surface area contributed by atoms with Gasteiger partial charge in [-0.15, -0.1) is 0 Å². The van der Waals surface area contributed by atoms with Crippen LogP contribution in [-0.2, 0) is 4.79 Å². The first-order valence-electron chi connectivity index (χ1n) is 6.88. The Hall–Kier alpha value is -2.61. The average Bonchev–Trinajstić information content (AvgIpc) is 2.44. The van der Waals surface area contributed by atoms with Crippen LogP contribution in [0.3, 0.4) is 0 Å². The van der Waals surface area contributed by atoms with Crippen LogP contribution in [0.1, 0.15) is 12.5 Å². The Balaban J connectivity index is 1.88. The summed E-state index contributed by atoms with van der Waals surface area (Å²) in [5.74, 6) is -0.369. The topological polar surface area (TPSA) is 77.2 Å². The van der Waals surface area contributed by atoms with E-state index >= 15 is 0 Å². The van der Waals surface area contributed by atoms with Gasteiger partial charge in [-0.3, -0.25) is 4.79 Å². The van der Waals surface area contributed by atoms with Gasteiger partial charge in [-0.05, 0) is 12.1 Å². The van der Waals surface area contributed by atoms with Crippen molar-refractivity contribution in [3.05, 3.63) is 35.9 Å². The van der Waals surface area contributed by atoms with Crippen LogP contribution < -0.4 is 4.90 Å². The molecular weight excluding hydrogens is 266 g/mol. The van der Waals surface area contributed by atoms with E-state index in [-0.39, 0.29) is 11.8 Å². The van der Waals surface area contributed by atoms with Gasteiger partial charge < -0.3 is 10.0 Å². The number of aromatic nitrogens is 1. The average molecular weight is 281 g/mol. The number of hydrogen-bond acceptors (Lipinski definition) is 4. The summed E-state index contributed by atoms with van der Waals surface area (Å²) < 4.78 is 0. The van der Waals surface area contributed by atoms with Gasteiger partial charge in [0.1, 0.15) is 11.9 Å². The molecule has 1 atom stereocenters. The fourth-order valence-electron chi connectivity index (χ4n) is 2.63. The molecule has 0 spiro atoms. The highest BCUT2D eigenvalue weighted by molar-refractivity contribution is 5.83. The van der Waals surface area contributed by atoms with Crippen molar-refractivity contribution >= 4 is 22.7 Å². The van der Waals surface area contributed by atoms with Crippen molar-refractivity contribution in [1.29, 1.82) is 5.26 Å². The van der Waals surface area contributed by atoms with E-state index in [4.69, 9.17) is 5.11 Å². The number of benzene rings is 1. The molecule has 5 nitrogen and oxygen atoms in total. The number of nitriles is 1. The van der Waals surface area contributed by atoms with Crippen molar-refractivity contribution in [3.8, 4) is 6.07 Å². The van der Waals surface area contributed by atoms with Crippen molar-refractivity contribution in [2.75, 3.05) is 18.0 Å². The Morgan fingerprint density at radius 2 is 2.19 bits per heavy atom. The third kappa shape index (κ3) is 2.29. The second kappa shape index (κ2) is 5.06. The minimum absolute atomic E-state index is 0.113. The van der Waals surface area contributed by atoms with Gasteiger partial charge in [-0.2, -0.15) is 5.26 Å². The quantitative estimate of drug-likeness (QED) is 0.933. The molecule has 3 rings (SSSR count). The molecule has 21 heavy (non-hydrogen) atoms. The van der Waals surface area contributed by atoms with E-state index in [0.717, 1.165) is 10.9 Å². The zero-order chi connectivity index (χ0) is 15.0. The molecule has 2 aromatic rings. The molecule has 1 aromatic carbocycles. The summed E-state index contributed by atoms with van der Waals surface area (Å²) in [6.45, 7) is 2.99. The van der Waals surface area contributed by atoms with E-state index in [1.54, 1.807) is 6.92 Å². The second-order valence-electron chi connectivity index (χ2n) is 5.46. The Morgan fingerprint density at radius 1 is 1.48 bits per heavy atom. The van der Waals surface area contributed by atoms with Crippen molar-refractivity contribution in [1.82, 2.24) is 4.98 Å². The molecule has 1 fully saturated rings. The minimum Gasteiger partial charge on any atom is -0.481 e. The number of carboxylic acids is 1. The summed E-state index contributed by atoms with van der Waals surface area (Å²) in [4.78, 5) is 17.5. The predicted octanol–water partition coefficient (Wildman–Crippen LogP) is 2.26. The van der Waals surface area contributed by atoms with E-state index < -0.39 is 5.97 Å². The first-order chi connectivity index (χ1) is 10.1. The van der Waals surface area contributed by atoms with Crippen molar-refractivity contribution in [2.45, 2.75) is 6.92 Å². The number of fused-ring (bicyclic) bond motifs is 1. The van der Waals surface area contributed by atoms with Crippen LogP contribution in [0.2, 0.25) is 0 Å². The summed E-state index contributed by atoms with van der Waals surface area (Å²) >= 11 is 0. The number of anilines is 1. The molecule has 0 aliphatic carbocycles. The predicted molar refractivity (Wildman–Crippen MR) is 79.0 cm³/mol. The molecule has 106 valence electrons. The lowest BCUT2D eigenvalue weighted by Gasteiger charge is -2.42. The van der Waals surface area contributed by atoms with E-state index in [9.17, 15) is 10.1 Å². The lowest BCUT2D eigenvalue weighted by atomic mass is 9.87. The maximum Gasteiger partial charge on any atom is 0.306 e. The van der Waals surface area contributed by atoms with Gasteiger partial charge in [0, 0.05) is 24.4 Å². The fraction of sp³-hybridized carbons (Fsp3) is 0.312. The highest BCUT2D eigenvalue weighted by atomic mass is 16.4. The molecule has 1 aliphatic rings. The molecular formula is C16H15N3O2. The molecule has 0 saturated carbocycles. The molecule has 0 amide bonds. The summed E-state index contributed by atoms with van der Waals surface area (Å²) in [6.07, 6.45) is 0. The van der Waals surface area contributed by atoms with Crippen molar-refractivity contribution < 1.29 is 9.90 Å². The maximum absolute atomic E-state index is 11.0. The lowest BCUT2D eigenvalue weighted by Crippen LogP contribution is -2.51. The fourth-order valence-corrected chi connectivity index (χ4v) is 2.63. The number of pyridine rings is 1. The lowest BCUT2D eigenvalue weighted by molar-refractivity contribution is -0.143.